The largest absolute Gasteiger partial charge is 0.468 e. The van der Waals surface area contributed by atoms with Crippen molar-refractivity contribution in [2.45, 2.75) is 33.1 Å². The summed E-state index contributed by atoms with van der Waals surface area (Å²) in [4.78, 5) is 51.2. The van der Waals surface area contributed by atoms with E-state index < -0.39 is 46.5 Å². The summed E-state index contributed by atoms with van der Waals surface area (Å²) in [6, 6.07) is 0. The molecule has 0 heterocycles. The Morgan fingerprint density at radius 2 is 1.26 bits per heavy atom. The second kappa shape index (κ2) is 10.8. The molecule has 0 amide bonds. The van der Waals surface area contributed by atoms with Crippen LogP contribution in [-0.2, 0) is 38.1 Å². The van der Waals surface area contributed by atoms with Crippen molar-refractivity contribution in [3.05, 3.63) is 23.8 Å². The third-order valence-electron chi connectivity index (χ3n) is 5.76. The van der Waals surface area contributed by atoms with E-state index in [1.54, 1.807) is 18.2 Å². The number of allylic oxidation sites excluding steroid dienone is 4. The molecular weight excluding hydrogens is 404 g/mol. The Hall–Kier alpha value is -3.08. The smallest absolute Gasteiger partial charge is 0.324 e. The molecule has 1 aliphatic carbocycles. The second-order valence-electron chi connectivity index (χ2n) is 7.61. The molecular formula is C23H30O8. The maximum Gasteiger partial charge on any atom is 0.324 e. The fraction of sp³-hybridized carbons (Fsp3) is 0.565. The topological polar surface area (TPSA) is 105 Å². The summed E-state index contributed by atoms with van der Waals surface area (Å²) >= 11 is 0. The average Bonchev–Trinajstić information content (AvgIpc) is 3.26. The van der Waals surface area contributed by atoms with Crippen molar-refractivity contribution < 1.29 is 38.1 Å². The highest BCUT2D eigenvalue weighted by molar-refractivity contribution is 6.02. The first-order valence-corrected chi connectivity index (χ1v) is 9.71. The number of hydrogen-bond acceptors (Lipinski definition) is 8. The lowest BCUT2D eigenvalue weighted by Gasteiger charge is -2.35. The molecule has 2 atom stereocenters. The SMILES string of the molecule is C#CCC(C(=O)OC)(C(=O)OC)[C@H]1C=C[C@@H](C(CC=C(C)C)(C(=O)OC)C(=O)OC)C1. The predicted octanol–water partition coefficient (Wildman–Crippen LogP) is 2.22. The maximum absolute atomic E-state index is 12.9. The van der Waals surface area contributed by atoms with Crippen LogP contribution in [0.15, 0.2) is 23.8 Å². The van der Waals surface area contributed by atoms with Gasteiger partial charge in [-0.3, -0.25) is 19.2 Å². The third-order valence-corrected chi connectivity index (χ3v) is 5.76. The van der Waals surface area contributed by atoms with Gasteiger partial charge < -0.3 is 18.9 Å². The maximum atomic E-state index is 12.9. The van der Waals surface area contributed by atoms with Gasteiger partial charge in [-0.1, -0.05) is 23.8 Å². The molecule has 0 aromatic carbocycles. The number of ether oxygens (including phenoxy) is 4. The lowest BCUT2D eigenvalue weighted by Crippen LogP contribution is -2.49. The Morgan fingerprint density at radius 3 is 1.61 bits per heavy atom. The van der Waals surface area contributed by atoms with E-state index in [1.165, 1.54) is 14.2 Å². The molecule has 0 aromatic rings. The van der Waals surface area contributed by atoms with Crippen LogP contribution in [0.1, 0.15) is 33.1 Å². The Labute approximate surface area is 182 Å². The molecule has 1 rings (SSSR count). The molecule has 0 unspecified atom stereocenters. The number of carbonyl (C=O) groups is 4. The van der Waals surface area contributed by atoms with Crippen molar-refractivity contribution >= 4 is 23.9 Å². The highest BCUT2D eigenvalue weighted by Crippen LogP contribution is 2.49. The van der Waals surface area contributed by atoms with E-state index in [0.29, 0.717) is 0 Å². The van der Waals surface area contributed by atoms with Gasteiger partial charge in [-0.05, 0) is 26.7 Å². The van der Waals surface area contributed by atoms with Crippen LogP contribution in [0.3, 0.4) is 0 Å². The monoisotopic (exact) mass is 434 g/mol. The van der Waals surface area contributed by atoms with Crippen molar-refractivity contribution in [1.82, 2.24) is 0 Å². The molecule has 8 heteroatoms. The molecule has 0 bridgehead atoms. The van der Waals surface area contributed by atoms with Gasteiger partial charge in [0.25, 0.3) is 0 Å². The minimum Gasteiger partial charge on any atom is -0.468 e. The molecule has 8 nitrogen and oxygen atoms in total. The van der Waals surface area contributed by atoms with E-state index in [0.717, 1.165) is 19.8 Å². The fourth-order valence-electron chi connectivity index (χ4n) is 4.05. The molecule has 31 heavy (non-hydrogen) atoms. The first kappa shape index (κ1) is 26.0. The standard InChI is InChI=1S/C23H30O8/c1-8-12-22(18(24)28-4,19(25)29-5)16-9-10-17(14-16)23(20(26)30-6,21(27)31-7)13-11-15(2)3/h1,9-11,16-17H,12-14H2,2-7H3/t16-,17+/m0/s1. The van der Waals surface area contributed by atoms with Gasteiger partial charge in [0.15, 0.2) is 10.8 Å². The van der Waals surface area contributed by atoms with Crippen molar-refractivity contribution in [2.24, 2.45) is 22.7 Å². The summed E-state index contributed by atoms with van der Waals surface area (Å²) < 4.78 is 19.7. The summed E-state index contributed by atoms with van der Waals surface area (Å²) in [6.07, 6.45) is 10.2. The van der Waals surface area contributed by atoms with Gasteiger partial charge in [-0.2, -0.15) is 0 Å². The average molecular weight is 434 g/mol. The highest BCUT2D eigenvalue weighted by Gasteiger charge is 2.60. The van der Waals surface area contributed by atoms with E-state index >= 15 is 0 Å². The Bertz CT molecular complexity index is 778. The van der Waals surface area contributed by atoms with Crippen molar-refractivity contribution in [1.29, 1.82) is 0 Å². The summed E-state index contributed by atoms with van der Waals surface area (Å²) in [5, 5.41) is 0. The summed E-state index contributed by atoms with van der Waals surface area (Å²) in [5.41, 5.74) is -2.61. The first-order valence-electron chi connectivity index (χ1n) is 9.71. The van der Waals surface area contributed by atoms with Crippen LogP contribution in [0.2, 0.25) is 0 Å². The van der Waals surface area contributed by atoms with E-state index in [-0.39, 0.29) is 19.3 Å². The predicted molar refractivity (Wildman–Crippen MR) is 111 cm³/mol. The number of esters is 4. The van der Waals surface area contributed by atoms with Crippen LogP contribution in [0.25, 0.3) is 0 Å². The highest BCUT2D eigenvalue weighted by atomic mass is 16.6. The molecule has 0 aliphatic heterocycles. The zero-order chi connectivity index (χ0) is 23.8. The minimum atomic E-state index is -1.81. The number of terminal acetylenes is 1. The quantitative estimate of drug-likeness (QED) is 0.179. The molecule has 0 saturated carbocycles. The fourth-order valence-corrected chi connectivity index (χ4v) is 4.05. The van der Waals surface area contributed by atoms with Crippen molar-refractivity contribution in [3.63, 3.8) is 0 Å². The Balaban J connectivity index is 3.58. The van der Waals surface area contributed by atoms with Crippen LogP contribution < -0.4 is 0 Å². The first-order chi connectivity index (χ1) is 14.6. The van der Waals surface area contributed by atoms with Gasteiger partial charge in [0.1, 0.15) is 0 Å². The third kappa shape index (κ3) is 4.66. The number of carbonyl (C=O) groups excluding carboxylic acids is 4. The van der Waals surface area contributed by atoms with E-state index in [9.17, 15) is 19.2 Å². The summed E-state index contributed by atoms with van der Waals surface area (Å²) in [7, 11) is 4.66. The van der Waals surface area contributed by atoms with Gasteiger partial charge in [0, 0.05) is 18.3 Å². The molecule has 1 aliphatic rings. The number of methoxy groups -OCH3 is 4. The van der Waals surface area contributed by atoms with Crippen LogP contribution in [-0.4, -0.2) is 52.3 Å². The molecule has 0 fully saturated rings. The zero-order valence-corrected chi connectivity index (χ0v) is 18.9. The minimum absolute atomic E-state index is 0.0228. The van der Waals surface area contributed by atoms with Crippen LogP contribution in [0.4, 0.5) is 0 Å². The molecule has 0 spiro atoms. The normalized spacial score (nSPS) is 17.8. The Morgan fingerprint density at radius 1 is 0.871 bits per heavy atom. The van der Waals surface area contributed by atoms with E-state index in [1.807, 2.05) is 13.8 Å². The van der Waals surface area contributed by atoms with E-state index in [2.05, 4.69) is 5.92 Å². The molecule has 0 aromatic heterocycles. The van der Waals surface area contributed by atoms with Crippen LogP contribution >= 0.6 is 0 Å². The number of rotatable bonds is 9. The zero-order valence-electron chi connectivity index (χ0n) is 18.9. The van der Waals surface area contributed by atoms with Gasteiger partial charge in [-0.25, -0.2) is 0 Å². The molecule has 0 radical (unpaired) electrons. The van der Waals surface area contributed by atoms with Crippen molar-refractivity contribution in [2.75, 3.05) is 28.4 Å². The summed E-state index contributed by atoms with van der Waals surface area (Å²) in [6.45, 7) is 3.66. The lowest BCUT2D eigenvalue weighted by molar-refractivity contribution is -0.173. The molecule has 0 N–H and O–H groups in total. The van der Waals surface area contributed by atoms with Gasteiger partial charge >= 0.3 is 23.9 Å². The van der Waals surface area contributed by atoms with Crippen molar-refractivity contribution in [3.8, 4) is 12.3 Å². The van der Waals surface area contributed by atoms with Crippen LogP contribution in [0, 0.1) is 35.0 Å². The second-order valence-corrected chi connectivity index (χ2v) is 7.61. The Kier molecular flexibility index (Phi) is 9.04. The van der Waals surface area contributed by atoms with Crippen LogP contribution in [0.5, 0.6) is 0 Å². The lowest BCUT2D eigenvalue weighted by atomic mass is 9.67. The number of hydrogen-bond donors (Lipinski definition) is 0. The van der Waals surface area contributed by atoms with Gasteiger partial charge in [0.2, 0.25) is 0 Å². The molecule has 0 saturated heterocycles. The molecule has 170 valence electrons. The summed E-state index contributed by atoms with van der Waals surface area (Å²) in [5.74, 6) is -2.38. The van der Waals surface area contributed by atoms with Gasteiger partial charge in [0.05, 0.1) is 28.4 Å². The van der Waals surface area contributed by atoms with Gasteiger partial charge in [-0.15, -0.1) is 12.3 Å². The van der Waals surface area contributed by atoms with E-state index in [4.69, 9.17) is 25.4 Å².